The minimum atomic E-state index is -0.276. The third kappa shape index (κ3) is 1.58. The highest BCUT2D eigenvalue weighted by atomic mass is 16.3. The van der Waals surface area contributed by atoms with E-state index in [1.165, 1.54) is 34.7 Å². The van der Waals surface area contributed by atoms with Gasteiger partial charge in [-0.2, -0.15) is 0 Å². The zero-order valence-electron chi connectivity index (χ0n) is 10.5. The molecule has 0 radical (unpaired) electrons. The summed E-state index contributed by atoms with van der Waals surface area (Å²) in [5.74, 6) is 0.767. The van der Waals surface area contributed by atoms with E-state index in [-0.39, 0.29) is 6.10 Å². The second kappa shape index (κ2) is 3.83. The topological polar surface area (TPSA) is 20.2 Å². The number of hydrogen-bond acceptors (Lipinski definition) is 1. The van der Waals surface area contributed by atoms with Crippen LogP contribution in [0.3, 0.4) is 0 Å². The molecule has 4 rings (SSSR count). The SMILES string of the molecule is OC(CC1CC1)c1ccc2c3c(cccc13)CC2. The van der Waals surface area contributed by atoms with E-state index in [9.17, 15) is 5.11 Å². The molecule has 0 saturated heterocycles. The number of benzene rings is 2. The van der Waals surface area contributed by atoms with Crippen molar-refractivity contribution in [2.24, 2.45) is 5.92 Å². The van der Waals surface area contributed by atoms with Crippen molar-refractivity contribution >= 4 is 10.8 Å². The molecule has 1 heteroatoms. The molecule has 18 heavy (non-hydrogen) atoms. The highest BCUT2D eigenvalue weighted by molar-refractivity contribution is 5.93. The number of rotatable bonds is 3. The quantitative estimate of drug-likeness (QED) is 0.863. The summed E-state index contributed by atoms with van der Waals surface area (Å²) in [5.41, 5.74) is 4.07. The molecule has 0 amide bonds. The van der Waals surface area contributed by atoms with Crippen LogP contribution in [0, 0.1) is 5.92 Å². The van der Waals surface area contributed by atoms with Gasteiger partial charge in [0.15, 0.2) is 0 Å². The normalized spacial score (nSPS) is 19.4. The summed E-state index contributed by atoms with van der Waals surface area (Å²) in [6, 6.07) is 10.9. The molecule has 1 saturated carbocycles. The fourth-order valence-corrected chi connectivity index (χ4v) is 3.36. The Kier molecular flexibility index (Phi) is 2.25. The van der Waals surface area contributed by atoms with Crippen LogP contribution in [0.25, 0.3) is 10.8 Å². The molecule has 1 N–H and O–H groups in total. The second-order valence-corrected chi connectivity index (χ2v) is 5.85. The van der Waals surface area contributed by atoms with Gasteiger partial charge in [-0.3, -0.25) is 0 Å². The lowest BCUT2D eigenvalue weighted by Gasteiger charge is -2.14. The number of aliphatic hydroxyl groups excluding tert-OH is 1. The first-order valence-corrected chi connectivity index (χ1v) is 7.04. The van der Waals surface area contributed by atoms with Gasteiger partial charge in [-0.15, -0.1) is 0 Å². The minimum Gasteiger partial charge on any atom is -0.388 e. The maximum absolute atomic E-state index is 10.4. The maximum atomic E-state index is 10.4. The molecule has 0 aliphatic heterocycles. The van der Waals surface area contributed by atoms with Crippen LogP contribution in [0.1, 0.15) is 42.1 Å². The summed E-state index contributed by atoms with van der Waals surface area (Å²) >= 11 is 0. The Morgan fingerprint density at radius 2 is 1.83 bits per heavy atom. The van der Waals surface area contributed by atoms with Crippen molar-refractivity contribution in [1.82, 2.24) is 0 Å². The molecule has 1 unspecified atom stereocenters. The smallest absolute Gasteiger partial charge is 0.0798 e. The van der Waals surface area contributed by atoms with E-state index in [1.54, 1.807) is 0 Å². The van der Waals surface area contributed by atoms with Gasteiger partial charge in [0.05, 0.1) is 6.10 Å². The minimum absolute atomic E-state index is 0.276. The van der Waals surface area contributed by atoms with E-state index < -0.39 is 0 Å². The van der Waals surface area contributed by atoms with E-state index in [0.717, 1.165) is 30.7 Å². The Morgan fingerprint density at radius 3 is 2.61 bits per heavy atom. The predicted molar refractivity (Wildman–Crippen MR) is 73.7 cm³/mol. The van der Waals surface area contributed by atoms with E-state index in [1.807, 2.05) is 0 Å². The lowest BCUT2D eigenvalue weighted by molar-refractivity contribution is 0.162. The van der Waals surface area contributed by atoms with Gasteiger partial charge in [0.25, 0.3) is 0 Å². The molecule has 2 aliphatic carbocycles. The molecule has 1 nitrogen and oxygen atoms in total. The zero-order chi connectivity index (χ0) is 12.1. The van der Waals surface area contributed by atoms with Crippen LogP contribution in [0.4, 0.5) is 0 Å². The fraction of sp³-hybridized carbons (Fsp3) is 0.412. The molecule has 0 spiro atoms. The van der Waals surface area contributed by atoms with Crippen molar-refractivity contribution < 1.29 is 5.11 Å². The molecule has 2 aromatic carbocycles. The number of hydrogen-bond donors (Lipinski definition) is 1. The fourth-order valence-electron chi connectivity index (χ4n) is 3.36. The highest BCUT2D eigenvalue weighted by Crippen LogP contribution is 2.41. The average molecular weight is 238 g/mol. The van der Waals surface area contributed by atoms with Crippen molar-refractivity contribution in [3.63, 3.8) is 0 Å². The van der Waals surface area contributed by atoms with Crippen LogP contribution in [-0.4, -0.2) is 5.11 Å². The molecule has 0 heterocycles. The molecule has 0 aromatic heterocycles. The van der Waals surface area contributed by atoms with Crippen LogP contribution in [0.5, 0.6) is 0 Å². The second-order valence-electron chi connectivity index (χ2n) is 5.85. The van der Waals surface area contributed by atoms with Gasteiger partial charge in [0.1, 0.15) is 0 Å². The van der Waals surface area contributed by atoms with E-state index in [0.29, 0.717) is 0 Å². The van der Waals surface area contributed by atoms with Crippen molar-refractivity contribution in [1.29, 1.82) is 0 Å². The van der Waals surface area contributed by atoms with Crippen molar-refractivity contribution in [3.05, 3.63) is 47.0 Å². The maximum Gasteiger partial charge on any atom is 0.0798 e. The molecular formula is C17H18O. The highest BCUT2D eigenvalue weighted by Gasteiger charge is 2.26. The van der Waals surface area contributed by atoms with Gasteiger partial charge in [-0.05, 0) is 52.6 Å². The Labute approximate surface area is 107 Å². The molecule has 0 bridgehead atoms. The van der Waals surface area contributed by atoms with Crippen molar-refractivity contribution in [2.45, 2.75) is 38.2 Å². The summed E-state index contributed by atoms with van der Waals surface area (Å²) in [5, 5.41) is 13.1. The van der Waals surface area contributed by atoms with Crippen molar-refractivity contribution in [3.8, 4) is 0 Å². The Hall–Kier alpha value is -1.34. The lowest BCUT2D eigenvalue weighted by atomic mass is 9.94. The van der Waals surface area contributed by atoms with Crippen LogP contribution < -0.4 is 0 Å². The Balaban J connectivity index is 1.85. The van der Waals surface area contributed by atoms with Crippen molar-refractivity contribution in [2.75, 3.05) is 0 Å². The summed E-state index contributed by atoms with van der Waals surface area (Å²) in [6.45, 7) is 0. The third-order valence-corrected chi connectivity index (χ3v) is 4.52. The average Bonchev–Trinajstić information content (AvgIpc) is 3.10. The van der Waals surface area contributed by atoms with E-state index in [2.05, 4.69) is 30.3 Å². The number of aliphatic hydroxyl groups is 1. The van der Waals surface area contributed by atoms with Crippen LogP contribution >= 0.6 is 0 Å². The molecule has 92 valence electrons. The van der Waals surface area contributed by atoms with Gasteiger partial charge < -0.3 is 5.11 Å². The van der Waals surface area contributed by atoms with Crippen LogP contribution in [-0.2, 0) is 12.8 Å². The van der Waals surface area contributed by atoms with Crippen LogP contribution in [0.2, 0.25) is 0 Å². The Bertz CT molecular complexity index is 600. The predicted octanol–water partition coefficient (Wildman–Crippen LogP) is 3.77. The summed E-state index contributed by atoms with van der Waals surface area (Å²) in [4.78, 5) is 0. The molecule has 2 aromatic rings. The van der Waals surface area contributed by atoms with Gasteiger partial charge in [0.2, 0.25) is 0 Å². The molecular weight excluding hydrogens is 220 g/mol. The third-order valence-electron chi connectivity index (χ3n) is 4.52. The van der Waals surface area contributed by atoms with Gasteiger partial charge in [-0.25, -0.2) is 0 Å². The molecule has 1 fully saturated rings. The van der Waals surface area contributed by atoms with Gasteiger partial charge in [-0.1, -0.05) is 43.2 Å². The van der Waals surface area contributed by atoms with Gasteiger partial charge >= 0.3 is 0 Å². The Morgan fingerprint density at radius 1 is 1.06 bits per heavy atom. The van der Waals surface area contributed by atoms with E-state index in [4.69, 9.17) is 0 Å². The first-order valence-electron chi connectivity index (χ1n) is 7.04. The first-order chi connectivity index (χ1) is 8.83. The lowest BCUT2D eigenvalue weighted by Crippen LogP contribution is -2.00. The summed E-state index contributed by atoms with van der Waals surface area (Å²) in [7, 11) is 0. The van der Waals surface area contributed by atoms with Crippen LogP contribution in [0.15, 0.2) is 30.3 Å². The van der Waals surface area contributed by atoms with Gasteiger partial charge in [0, 0.05) is 0 Å². The number of aryl methyl sites for hydroxylation is 2. The molecule has 2 aliphatic rings. The molecule has 1 atom stereocenters. The largest absolute Gasteiger partial charge is 0.388 e. The zero-order valence-corrected chi connectivity index (χ0v) is 10.5. The summed E-state index contributed by atoms with van der Waals surface area (Å²) < 4.78 is 0. The monoisotopic (exact) mass is 238 g/mol. The van der Waals surface area contributed by atoms with E-state index >= 15 is 0 Å². The standard InChI is InChI=1S/C17H18O/c18-16(10-11-4-5-11)14-9-8-13-7-6-12-2-1-3-15(14)17(12)13/h1-3,8-9,11,16,18H,4-7,10H2. The first kappa shape index (κ1) is 10.6. The summed E-state index contributed by atoms with van der Waals surface area (Å²) in [6.07, 6.45) is 5.60.